The molecule has 0 fully saturated rings. The standard InChI is InChI=1S/C15H15BN2O3/c1-20-16-14-9-13(8-7-11(14)10-21-16)18-15(19)17-12-5-3-2-4-6-12/h2-9H,10H2,1H3,(H2,17,18,19). The Balaban J connectivity index is 1.69. The van der Waals surface area contributed by atoms with Crippen molar-refractivity contribution in [3.63, 3.8) is 0 Å². The molecular formula is C15H15BN2O3. The Labute approximate surface area is 123 Å². The summed E-state index contributed by atoms with van der Waals surface area (Å²) in [6, 6.07) is 14.7. The molecule has 2 aromatic carbocycles. The summed E-state index contributed by atoms with van der Waals surface area (Å²) < 4.78 is 10.7. The number of carbonyl (C=O) groups excluding carboxylic acids is 1. The average Bonchev–Trinajstić information content (AvgIpc) is 2.90. The van der Waals surface area contributed by atoms with Crippen LogP contribution in [0.2, 0.25) is 0 Å². The highest BCUT2D eigenvalue weighted by molar-refractivity contribution is 6.63. The molecule has 21 heavy (non-hydrogen) atoms. The zero-order valence-electron chi connectivity index (χ0n) is 11.6. The molecule has 0 saturated carbocycles. The molecule has 0 unspecified atom stereocenters. The highest BCUT2D eigenvalue weighted by Crippen LogP contribution is 2.16. The molecule has 5 nitrogen and oxygen atoms in total. The molecule has 0 radical (unpaired) electrons. The van der Waals surface area contributed by atoms with Crippen LogP contribution >= 0.6 is 0 Å². The Morgan fingerprint density at radius 2 is 1.90 bits per heavy atom. The lowest BCUT2D eigenvalue weighted by atomic mass is 9.79. The molecule has 6 heteroatoms. The Morgan fingerprint density at radius 3 is 2.67 bits per heavy atom. The highest BCUT2D eigenvalue weighted by Gasteiger charge is 2.29. The SMILES string of the molecule is COB1OCc2ccc(NC(=O)Nc3ccccc3)cc21. The second kappa shape index (κ2) is 5.99. The van der Waals surface area contributed by atoms with Gasteiger partial charge in [-0.25, -0.2) is 4.79 Å². The van der Waals surface area contributed by atoms with Crippen molar-refractivity contribution in [3.05, 3.63) is 54.1 Å². The first-order chi connectivity index (χ1) is 10.3. The smallest absolute Gasteiger partial charge is 0.410 e. The summed E-state index contributed by atoms with van der Waals surface area (Å²) in [4.78, 5) is 11.9. The zero-order chi connectivity index (χ0) is 14.7. The lowest BCUT2D eigenvalue weighted by Gasteiger charge is -2.09. The number of fused-ring (bicyclic) bond motifs is 1. The van der Waals surface area contributed by atoms with Gasteiger partial charge in [0.15, 0.2) is 0 Å². The number of benzene rings is 2. The van der Waals surface area contributed by atoms with E-state index in [1.165, 1.54) is 0 Å². The second-order valence-electron chi connectivity index (χ2n) is 4.74. The van der Waals surface area contributed by atoms with Gasteiger partial charge in [-0.15, -0.1) is 0 Å². The fourth-order valence-electron chi connectivity index (χ4n) is 2.29. The first kappa shape index (κ1) is 13.7. The third-order valence-corrected chi connectivity index (χ3v) is 3.29. The van der Waals surface area contributed by atoms with Gasteiger partial charge in [-0.3, -0.25) is 0 Å². The number of para-hydroxylation sites is 1. The van der Waals surface area contributed by atoms with E-state index in [-0.39, 0.29) is 13.1 Å². The summed E-state index contributed by atoms with van der Waals surface area (Å²) in [6.45, 7) is 0.532. The van der Waals surface area contributed by atoms with Crippen molar-refractivity contribution in [2.45, 2.75) is 6.61 Å². The minimum absolute atomic E-state index is 0.283. The summed E-state index contributed by atoms with van der Waals surface area (Å²) in [5, 5.41) is 5.57. The minimum atomic E-state index is -0.362. The lowest BCUT2D eigenvalue weighted by molar-refractivity contribution is 0.245. The van der Waals surface area contributed by atoms with Crippen LogP contribution in [0.25, 0.3) is 0 Å². The molecule has 1 aliphatic rings. The Morgan fingerprint density at radius 1 is 1.14 bits per heavy atom. The minimum Gasteiger partial charge on any atom is -0.410 e. The summed E-state index contributed by atoms with van der Waals surface area (Å²) >= 11 is 0. The molecular weight excluding hydrogens is 267 g/mol. The number of urea groups is 1. The molecule has 2 N–H and O–H groups in total. The molecule has 0 bridgehead atoms. The number of rotatable bonds is 3. The van der Waals surface area contributed by atoms with Gasteiger partial charge in [-0.1, -0.05) is 24.3 Å². The van der Waals surface area contributed by atoms with Crippen molar-refractivity contribution in [2.24, 2.45) is 0 Å². The van der Waals surface area contributed by atoms with Gasteiger partial charge in [-0.2, -0.15) is 0 Å². The van der Waals surface area contributed by atoms with E-state index < -0.39 is 0 Å². The lowest BCUT2D eigenvalue weighted by Crippen LogP contribution is -2.31. The van der Waals surface area contributed by atoms with E-state index in [1.807, 2.05) is 48.5 Å². The number of amides is 2. The van der Waals surface area contributed by atoms with Crippen LogP contribution in [0, 0.1) is 0 Å². The highest BCUT2D eigenvalue weighted by atomic mass is 16.6. The summed E-state index contributed by atoms with van der Waals surface area (Å²) in [5.74, 6) is 0. The number of hydrogen-bond donors (Lipinski definition) is 2. The van der Waals surface area contributed by atoms with Crippen molar-refractivity contribution in [1.82, 2.24) is 0 Å². The molecule has 0 aliphatic carbocycles. The third kappa shape index (κ3) is 3.07. The van der Waals surface area contributed by atoms with Crippen LogP contribution in [-0.4, -0.2) is 20.3 Å². The second-order valence-corrected chi connectivity index (χ2v) is 4.74. The molecule has 1 heterocycles. The fraction of sp³-hybridized carbons (Fsp3) is 0.133. The van der Waals surface area contributed by atoms with Crippen LogP contribution in [-0.2, 0) is 15.9 Å². The molecule has 0 aromatic heterocycles. The number of hydrogen-bond acceptors (Lipinski definition) is 3. The normalized spacial score (nSPS) is 12.9. The maximum Gasteiger partial charge on any atom is 0.494 e. The molecule has 3 rings (SSSR count). The van der Waals surface area contributed by atoms with Gasteiger partial charge in [0, 0.05) is 18.5 Å². The summed E-state index contributed by atoms with van der Waals surface area (Å²) in [6.07, 6.45) is 0. The van der Waals surface area contributed by atoms with E-state index in [1.54, 1.807) is 7.11 Å². The van der Waals surface area contributed by atoms with Gasteiger partial charge in [0.1, 0.15) is 0 Å². The zero-order valence-corrected chi connectivity index (χ0v) is 11.6. The largest absolute Gasteiger partial charge is 0.494 e. The number of carbonyl (C=O) groups is 1. The van der Waals surface area contributed by atoms with Crippen LogP contribution in [0.1, 0.15) is 5.56 Å². The third-order valence-electron chi connectivity index (χ3n) is 3.29. The van der Waals surface area contributed by atoms with E-state index >= 15 is 0 Å². The van der Waals surface area contributed by atoms with E-state index in [4.69, 9.17) is 9.31 Å². The fourth-order valence-corrected chi connectivity index (χ4v) is 2.29. The molecule has 1 aliphatic heterocycles. The predicted octanol–water partition coefficient (Wildman–Crippen LogP) is 2.20. The van der Waals surface area contributed by atoms with Crippen LogP contribution in [0.4, 0.5) is 16.2 Å². The summed E-state index contributed by atoms with van der Waals surface area (Å²) in [7, 11) is 1.24. The van der Waals surface area contributed by atoms with Crippen molar-refractivity contribution >= 4 is 30.0 Å². The van der Waals surface area contributed by atoms with Crippen molar-refractivity contribution in [3.8, 4) is 0 Å². The van der Waals surface area contributed by atoms with Crippen molar-refractivity contribution < 1.29 is 14.1 Å². The quantitative estimate of drug-likeness (QED) is 0.848. The van der Waals surface area contributed by atoms with Crippen LogP contribution < -0.4 is 16.1 Å². The average molecular weight is 282 g/mol. The maximum atomic E-state index is 11.9. The number of anilines is 2. The van der Waals surface area contributed by atoms with Gasteiger partial charge >= 0.3 is 13.1 Å². The van der Waals surface area contributed by atoms with Gasteiger partial charge in [0.05, 0.1) is 6.61 Å². The van der Waals surface area contributed by atoms with E-state index in [2.05, 4.69) is 10.6 Å². The monoisotopic (exact) mass is 282 g/mol. The molecule has 0 saturated heterocycles. The van der Waals surface area contributed by atoms with E-state index in [0.717, 1.165) is 16.7 Å². The van der Waals surface area contributed by atoms with Crippen LogP contribution in [0.5, 0.6) is 0 Å². The Kier molecular flexibility index (Phi) is 3.90. The molecule has 2 aromatic rings. The van der Waals surface area contributed by atoms with Crippen molar-refractivity contribution in [2.75, 3.05) is 17.7 Å². The van der Waals surface area contributed by atoms with E-state index in [0.29, 0.717) is 12.3 Å². The maximum absolute atomic E-state index is 11.9. The summed E-state index contributed by atoms with van der Waals surface area (Å²) in [5.41, 5.74) is 3.48. The topological polar surface area (TPSA) is 59.6 Å². The molecule has 2 amide bonds. The molecule has 0 spiro atoms. The van der Waals surface area contributed by atoms with Gasteiger partial charge in [0.25, 0.3) is 0 Å². The molecule has 106 valence electrons. The Hall–Kier alpha value is -2.31. The van der Waals surface area contributed by atoms with Gasteiger partial charge in [-0.05, 0) is 35.3 Å². The Bertz CT molecular complexity index is 649. The van der Waals surface area contributed by atoms with Crippen molar-refractivity contribution in [1.29, 1.82) is 0 Å². The molecule has 0 atom stereocenters. The van der Waals surface area contributed by atoms with Gasteiger partial charge in [0.2, 0.25) is 0 Å². The first-order valence-corrected chi connectivity index (χ1v) is 6.66. The van der Waals surface area contributed by atoms with Crippen LogP contribution in [0.3, 0.4) is 0 Å². The predicted molar refractivity (Wildman–Crippen MR) is 82.7 cm³/mol. The first-order valence-electron chi connectivity index (χ1n) is 6.66. The number of nitrogens with one attached hydrogen (secondary N) is 2. The van der Waals surface area contributed by atoms with Crippen LogP contribution in [0.15, 0.2) is 48.5 Å². The van der Waals surface area contributed by atoms with E-state index in [9.17, 15) is 4.79 Å². The van der Waals surface area contributed by atoms with Gasteiger partial charge < -0.3 is 19.9 Å².